The van der Waals surface area contributed by atoms with Gasteiger partial charge < -0.3 is 9.47 Å². The maximum absolute atomic E-state index is 12.5. The summed E-state index contributed by atoms with van der Waals surface area (Å²) in [6.45, 7) is 1.68. The number of ether oxygens (including phenoxy) is 2. The lowest BCUT2D eigenvalue weighted by atomic mass is 9.76. The molecule has 2 unspecified atom stereocenters. The van der Waals surface area contributed by atoms with Crippen molar-refractivity contribution < 1.29 is 24.0 Å². The molecule has 5 heteroatoms. The lowest BCUT2D eigenvalue weighted by molar-refractivity contribution is -0.492. The number of benzene rings is 2. The zero-order chi connectivity index (χ0) is 17.9. The molecule has 0 aliphatic carbocycles. The van der Waals surface area contributed by atoms with Crippen molar-refractivity contribution in [2.75, 3.05) is 14.2 Å². The molecule has 25 heavy (non-hydrogen) atoms. The summed E-state index contributed by atoms with van der Waals surface area (Å²) in [7, 11) is 2.85. The SMILES string of the molecule is COC(=O)C1CC(c2ccccc2)(c2ccccc2)OOC1(C)OC. The molecule has 0 spiro atoms. The number of hydrogen-bond acceptors (Lipinski definition) is 5. The quantitative estimate of drug-likeness (QED) is 0.629. The van der Waals surface area contributed by atoms with Gasteiger partial charge in [0.2, 0.25) is 5.79 Å². The molecule has 2 atom stereocenters. The minimum absolute atomic E-state index is 0.331. The molecule has 0 aromatic heterocycles. The molecule has 0 bridgehead atoms. The highest BCUT2D eigenvalue weighted by molar-refractivity contribution is 5.74. The van der Waals surface area contributed by atoms with Gasteiger partial charge >= 0.3 is 5.97 Å². The van der Waals surface area contributed by atoms with Crippen LogP contribution in [0.25, 0.3) is 0 Å². The van der Waals surface area contributed by atoms with Gasteiger partial charge in [0.25, 0.3) is 0 Å². The van der Waals surface area contributed by atoms with E-state index in [0.717, 1.165) is 11.1 Å². The zero-order valence-electron chi connectivity index (χ0n) is 14.6. The Morgan fingerprint density at radius 3 is 1.92 bits per heavy atom. The summed E-state index contributed by atoms with van der Waals surface area (Å²) < 4.78 is 10.4. The fourth-order valence-corrected chi connectivity index (χ4v) is 3.25. The van der Waals surface area contributed by atoms with Gasteiger partial charge in [0, 0.05) is 13.5 Å². The maximum atomic E-state index is 12.5. The fraction of sp³-hybridized carbons (Fsp3) is 0.350. The van der Waals surface area contributed by atoms with Crippen LogP contribution in [0.2, 0.25) is 0 Å². The van der Waals surface area contributed by atoms with Crippen LogP contribution in [0.1, 0.15) is 24.5 Å². The fourth-order valence-electron chi connectivity index (χ4n) is 3.25. The molecule has 1 aliphatic heterocycles. The van der Waals surface area contributed by atoms with Crippen LogP contribution in [0.3, 0.4) is 0 Å². The lowest BCUT2D eigenvalue weighted by Crippen LogP contribution is -2.54. The second kappa shape index (κ2) is 6.96. The number of carbonyl (C=O) groups is 1. The monoisotopic (exact) mass is 342 g/mol. The van der Waals surface area contributed by atoms with E-state index in [1.165, 1.54) is 14.2 Å². The van der Waals surface area contributed by atoms with E-state index in [-0.39, 0.29) is 0 Å². The Balaban J connectivity index is 2.12. The molecule has 1 fully saturated rings. The van der Waals surface area contributed by atoms with E-state index in [0.29, 0.717) is 6.42 Å². The van der Waals surface area contributed by atoms with Crippen LogP contribution in [0.15, 0.2) is 60.7 Å². The van der Waals surface area contributed by atoms with E-state index in [4.69, 9.17) is 19.2 Å². The lowest BCUT2D eigenvalue weighted by Gasteiger charge is -2.46. The van der Waals surface area contributed by atoms with Crippen molar-refractivity contribution in [3.05, 3.63) is 71.8 Å². The summed E-state index contributed by atoms with van der Waals surface area (Å²) in [6, 6.07) is 19.4. The molecule has 0 radical (unpaired) electrons. The third kappa shape index (κ3) is 3.06. The smallest absolute Gasteiger partial charge is 0.314 e. The normalized spacial score (nSPS) is 25.3. The van der Waals surface area contributed by atoms with Crippen molar-refractivity contribution in [2.45, 2.75) is 24.7 Å². The summed E-state index contributed by atoms with van der Waals surface area (Å²) in [5.41, 5.74) is 0.862. The second-order valence-corrected chi connectivity index (χ2v) is 6.23. The number of carbonyl (C=O) groups excluding carboxylic acids is 1. The summed E-state index contributed by atoms with van der Waals surface area (Å²) in [4.78, 5) is 24.0. The number of esters is 1. The Kier molecular flexibility index (Phi) is 4.90. The molecule has 132 valence electrons. The van der Waals surface area contributed by atoms with Gasteiger partial charge in [-0.05, 0) is 18.1 Å². The van der Waals surface area contributed by atoms with Gasteiger partial charge in [0.1, 0.15) is 5.92 Å². The highest BCUT2D eigenvalue weighted by atomic mass is 17.2. The highest BCUT2D eigenvalue weighted by Crippen LogP contribution is 2.48. The number of hydrogen-bond donors (Lipinski definition) is 0. The molecule has 5 nitrogen and oxygen atoms in total. The second-order valence-electron chi connectivity index (χ2n) is 6.23. The van der Waals surface area contributed by atoms with Crippen molar-refractivity contribution in [1.82, 2.24) is 0 Å². The van der Waals surface area contributed by atoms with Crippen LogP contribution in [0.4, 0.5) is 0 Å². The maximum Gasteiger partial charge on any atom is 0.314 e. The first kappa shape index (κ1) is 17.6. The first-order valence-corrected chi connectivity index (χ1v) is 8.16. The van der Waals surface area contributed by atoms with Gasteiger partial charge in [-0.25, -0.2) is 4.89 Å². The van der Waals surface area contributed by atoms with E-state index in [1.54, 1.807) is 6.92 Å². The molecule has 0 amide bonds. The topological polar surface area (TPSA) is 54.0 Å². The molecule has 2 aromatic carbocycles. The minimum atomic E-state index is -1.22. The van der Waals surface area contributed by atoms with Crippen LogP contribution >= 0.6 is 0 Å². The van der Waals surface area contributed by atoms with Crippen LogP contribution in [-0.2, 0) is 29.6 Å². The van der Waals surface area contributed by atoms with Gasteiger partial charge in [-0.3, -0.25) is 4.79 Å². The molecule has 1 aliphatic rings. The van der Waals surface area contributed by atoms with Crippen molar-refractivity contribution in [3.8, 4) is 0 Å². The van der Waals surface area contributed by atoms with E-state index in [1.807, 2.05) is 60.7 Å². The van der Waals surface area contributed by atoms with Crippen molar-refractivity contribution in [2.24, 2.45) is 5.92 Å². The molecule has 0 N–H and O–H groups in total. The standard InChI is InChI=1S/C20H22O5/c1-19(23-3)17(18(21)22-2)14-20(25-24-19,15-10-6-4-7-11-15)16-12-8-5-9-13-16/h4-13,17H,14H2,1-3H3. The first-order chi connectivity index (χ1) is 12.1. The molecular weight excluding hydrogens is 320 g/mol. The van der Waals surface area contributed by atoms with Crippen molar-refractivity contribution in [3.63, 3.8) is 0 Å². The van der Waals surface area contributed by atoms with E-state index < -0.39 is 23.3 Å². The predicted molar refractivity (Wildman–Crippen MR) is 91.4 cm³/mol. The Morgan fingerprint density at radius 2 is 1.48 bits per heavy atom. The van der Waals surface area contributed by atoms with Gasteiger partial charge in [-0.15, -0.1) is 0 Å². The molecule has 1 heterocycles. The van der Waals surface area contributed by atoms with Gasteiger partial charge in [0.15, 0.2) is 5.60 Å². The summed E-state index contributed by atoms with van der Waals surface area (Å²) in [6.07, 6.45) is 0.331. The first-order valence-electron chi connectivity index (χ1n) is 8.16. The molecule has 1 saturated heterocycles. The number of rotatable bonds is 4. The average molecular weight is 342 g/mol. The van der Waals surface area contributed by atoms with E-state index in [9.17, 15) is 4.79 Å². The molecule has 0 saturated carbocycles. The number of methoxy groups -OCH3 is 2. The van der Waals surface area contributed by atoms with Gasteiger partial charge in [-0.2, -0.15) is 4.89 Å². The van der Waals surface area contributed by atoms with E-state index in [2.05, 4.69) is 0 Å². The Bertz CT molecular complexity index is 676. The third-order valence-electron chi connectivity index (χ3n) is 4.85. The summed E-state index contributed by atoms with van der Waals surface area (Å²) in [5.74, 6) is -2.28. The molecule has 2 aromatic rings. The van der Waals surface area contributed by atoms with Crippen LogP contribution < -0.4 is 0 Å². The Labute approximate surface area is 147 Å². The largest absolute Gasteiger partial charge is 0.469 e. The average Bonchev–Trinajstić information content (AvgIpc) is 2.69. The summed E-state index contributed by atoms with van der Waals surface area (Å²) >= 11 is 0. The minimum Gasteiger partial charge on any atom is -0.469 e. The predicted octanol–water partition coefficient (Wildman–Crippen LogP) is 3.43. The Morgan fingerprint density at radius 1 is 0.960 bits per heavy atom. The highest BCUT2D eigenvalue weighted by Gasteiger charge is 2.55. The Hall–Kier alpha value is -2.21. The summed E-state index contributed by atoms with van der Waals surface area (Å²) in [5, 5.41) is 0. The van der Waals surface area contributed by atoms with Gasteiger partial charge in [0.05, 0.1) is 7.11 Å². The molecule has 3 rings (SSSR count). The zero-order valence-corrected chi connectivity index (χ0v) is 14.6. The van der Waals surface area contributed by atoms with Crippen molar-refractivity contribution >= 4 is 5.97 Å². The van der Waals surface area contributed by atoms with Crippen LogP contribution in [0, 0.1) is 5.92 Å². The van der Waals surface area contributed by atoms with Gasteiger partial charge in [-0.1, -0.05) is 60.7 Å². The van der Waals surface area contributed by atoms with Crippen molar-refractivity contribution in [1.29, 1.82) is 0 Å². The van der Waals surface area contributed by atoms with Crippen LogP contribution in [-0.4, -0.2) is 26.0 Å². The van der Waals surface area contributed by atoms with E-state index >= 15 is 0 Å². The third-order valence-corrected chi connectivity index (χ3v) is 4.85. The molecular formula is C20H22O5. The van der Waals surface area contributed by atoms with Crippen LogP contribution in [0.5, 0.6) is 0 Å².